The van der Waals surface area contributed by atoms with Crippen molar-refractivity contribution in [2.75, 3.05) is 37.9 Å². The average Bonchev–Trinajstić information content (AvgIpc) is 2.85. The molecule has 1 aliphatic carbocycles. The maximum absolute atomic E-state index is 13.6. The summed E-state index contributed by atoms with van der Waals surface area (Å²) < 4.78 is 46.3. The summed E-state index contributed by atoms with van der Waals surface area (Å²) in [6.45, 7) is 1.84. The van der Waals surface area contributed by atoms with Crippen LogP contribution in [-0.2, 0) is 6.18 Å². The minimum Gasteiger partial charge on any atom is -0.495 e. The van der Waals surface area contributed by atoms with Crippen LogP contribution < -0.4 is 20.7 Å². The number of benzene rings is 1. The van der Waals surface area contributed by atoms with Crippen LogP contribution in [0.5, 0.6) is 5.75 Å². The Balaban J connectivity index is 1.54. The third kappa shape index (κ3) is 6.57. The fourth-order valence-corrected chi connectivity index (χ4v) is 4.69. The van der Waals surface area contributed by atoms with Gasteiger partial charge in [-0.05, 0) is 64.0 Å². The van der Waals surface area contributed by atoms with Crippen molar-refractivity contribution in [2.24, 2.45) is 0 Å². The number of aromatic nitrogens is 2. The molecule has 2 aromatic rings. The third-order valence-electron chi connectivity index (χ3n) is 6.80. The van der Waals surface area contributed by atoms with Gasteiger partial charge in [0, 0.05) is 23.8 Å². The molecule has 0 unspecified atom stereocenters. The Kier molecular flexibility index (Phi) is 8.17. The van der Waals surface area contributed by atoms with Crippen molar-refractivity contribution in [2.45, 2.75) is 63.2 Å². The summed E-state index contributed by atoms with van der Waals surface area (Å²) in [7, 11) is 3.53. The van der Waals surface area contributed by atoms with Crippen LogP contribution in [0.1, 0.15) is 60.9 Å². The first kappa shape index (κ1) is 26.0. The van der Waals surface area contributed by atoms with Crippen molar-refractivity contribution in [3.8, 4) is 5.75 Å². The molecular weight excluding hydrogens is 473 g/mol. The zero-order valence-corrected chi connectivity index (χ0v) is 20.6. The second kappa shape index (κ2) is 11.3. The molecule has 196 valence electrons. The van der Waals surface area contributed by atoms with Crippen LogP contribution in [0.25, 0.3) is 0 Å². The lowest BCUT2D eigenvalue weighted by Crippen LogP contribution is -2.43. The van der Waals surface area contributed by atoms with Gasteiger partial charge in [0.2, 0.25) is 5.95 Å². The molecule has 0 bridgehead atoms. The van der Waals surface area contributed by atoms with Gasteiger partial charge in [-0.25, -0.2) is 4.98 Å². The number of nitrogens with zero attached hydrogens (tertiary/aromatic N) is 3. The van der Waals surface area contributed by atoms with Crippen molar-refractivity contribution in [3.63, 3.8) is 0 Å². The highest BCUT2D eigenvalue weighted by atomic mass is 19.4. The van der Waals surface area contributed by atoms with Crippen molar-refractivity contribution < 1.29 is 22.7 Å². The molecule has 1 aromatic carbocycles. The first-order valence-corrected chi connectivity index (χ1v) is 12.4. The maximum atomic E-state index is 13.6. The van der Waals surface area contributed by atoms with E-state index in [1.807, 2.05) is 0 Å². The molecule has 0 atom stereocenters. The maximum Gasteiger partial charge on any atom is 0.421 e. The number of hydrogen-bond donors (Lipinski definition) is 3. The zero-order chi connectivity index (χ0) is 25.7. The van der Waals surface area contributed by atoms with Crippen LogP contribution in [0, 0.1) is 0 Å². The van der Waals surface area contributed by atoms with Crippen LogP contribution in [0.3, 0.4) is 0 Å². The molecule has 2 heterocycles. The molecule has 1 saturated heterocycles. The molecule has 3 N–H and O–H groups in total. The van der Waals surface area contributed by atoms with Gasteiger partial charge in [0.25, 0.3) is 5.91 Å². The number of methoxy groups -OCH3 is 1. The van der Waals surface area contributed by atoms with E-state index in [0.29, 0.717) is 17.0 Å². The van der Waals surface area contributed by atoms with Gasteiger partial charge in [0.15, 0.2) is 0 Å². The van der Waals surface area contributed by atoms with Gasteiger partial charge >= 0.3 is 6.18 Å². The lowest BCUT2D eigenvalue weighted by atomic mass is 9.95. The SMILES string of the molecule is COc1ccc(C(=O)NC2CCN(C)CC2)cc1Nc1ncc(C(F)(F)F)c(NC2CCCCC2)n1. The van der Waals surface area contributed by atoms with Crippen LogP contribution in [-0.4, -0.2) is 60.1 Å². The van der Waals surface area contributed by atoms with E-state index in [2.05, 4.69) is 37.9 Å². The third-order valence-corrected chi connectivity index (χ3v) is 6.80. The van der Waals surface area contributed by atoms with E-state index >= 15 is 0 Å². The zero-order valence-electron chi connectivity index (χ0n) is 20.6. The van der Waals surface area contributed by atoms with Gasteiger partial charge < -0.3 is 25.6 Å². The van der Waals surface area contributed by atoms with Gasteiger partial charge in [-0.3, -0.25) is 4.79 Å². The van der Waals surface area contributed by atoms with Crippen LogP contribution in [0.15, 0.2) is 24.4 Å². The molecular formula is C25H33F3N6O2. The van der Waals surface area contributed by atoms with E-state index in [0.717, 1.165) is 64.2 Å². The lowest BCUT2D eigenvalue weighted by molar-refractivity contribution is -0.137. The number of rotatable bonds is 7. The highest BCUT2D eigenvalue weighted by molar-refractivity contribution is 5.96. The normalized spacial score (nSPS) is 18.0. The predicted octanol–water partition coefficient (Wildman–Crippen LogP) is 4.82. The molecule has 36 heavy (non-hydrogen) atoms. The number of piperidine rings is 1. The van der Waals surface area contributed by atoms with E-state index < -0.39 is 11.7 Å². The highest BCUT2D eigenvalue weighted by Crippen LogP contribution is 2.36. The summed E-state index contributed by atoms with van der Waals surface area (Å²) in [6.07, 6.45) is 2.57. The number of hydrogen-bond acceptors (Lipinski definition) is 7. The second-order valence-corrected chi connectivity index (χ2v) is 9.52. The van der Waals surface area contributed by atoms with Gasteiger partial charge in [0.05, 0.1) is 12.8 Å². The summed E-state index contributed by atoms with van der Waals surface area (Å²) in [5.41, 5.74) is -0.113. The van der Waals surface area contributed by atoms with Gasteiger partial charge in [-0.1, -0.05) is 19.3 Å². The predicted molar refractivity (Wildman–Crippen MR) is 132 cm³/mol. The largest absolute Gasteiger partial charge is 0.495 e. The van der Waals surface area contributed by atoms with Crippen molar-refractivity contribution in [1.29, 1.82) is 0 Å². The van der Waals surface area contributed by atoms with E-state index in [-0.39, 0.29) is 29.8 Å². The molecule has 8 nitrogen and oxygen atoms in total. The first-order chi connectivity index (χ1) is 17.2. The van der Waals surface area contributed by atoms with Crippen LogP contribution in [0.2, 0.25) is 0 Å². The average molecular weight is 507 g/mol. The Bertz CT molecular complexity index is 1050. The standard InChI is InChI=1S/C25H33F3N6O2/c1-34-12-10-18(11-13-34)31-23(35)16-8-9-21(36-2)20(14-16)32-24-29-15-19(25(26,27)28)22(33-24)30-17-6-4-3-5-7-17/h8-9,14-15,17-18H,3-7,10-13H2,1-2H3,(H,31,35)(H2,29,30,32,33). The number of nitrogens with one attached hydrogen (secondary N) is 3. The lowest BCUT2D eigenvalue weighted by Gasteiger charge is -2.29. The summed E-state index contributed by atoms with van der Waals surface area (Å²) in [5, 5.41) is 8.98. The number of carbonyl (C=O) groups excluding carboxylic acids is 1. The Hall–Kier alpha value is -3.08. The number of likely N-dealkylation sites (tertiary alicyclic amines) is 1. The van der Waals surface area contributed by atoms with E-state index in [9.17, 15) is 18.0 Å². The van der Waals surface area contributed by atoms with Gasteiger partial charge in [0.1, 0.15) is 17.1 Å². The van der Waals surface area contributed by atoms with Gasteiger partial charge in [-0.2, -0.15) is 18.2 Å². The summed E-state index contributed by atoms with van der Waals surface area (Å²) in [6, 6.07) is 4.91. The Labute approximate surface area is 209 Å². The smallest absolute Gasteiger partial charge is 0.421 e. The van der Waals surface area contributed by atoms with E-state index in [1.165, 1.54) is 7.11 Å². The molecule has 4 rings (SSSR count). The second-order valence-electron chi connectivity index (χ2n) is 9.52. The number of amides is 1. The molecule has 2 aliphatic rings. The Morgan fingerprint density at radius 3 is 2.47 bits per heavy atom. The summed E-state index contributed by atoms with van der Waals surface area (Å²) in [4.78, 5) is 23.2. The monoisotopic (exact) mass is 506 g/mol. The van der Waals surface area contributed by atoms with Crippen molar-refractivity contribution in [3.05, 3.63) is 35.5 Å². The minimum absolute atomic E-state index is 0.0208. The topological polar surface area (TPSA) is 91.4 Å². The minimum atomic E-state index is -4.58. The molecule has 1 aliphatic heterocycles. The molecule has 1 amide bonds. The molecule has 0 radical (unpaired) electrons. The number of halogens is 3. The number of anilines is 3. The number of alkyl halides is 3. The van der Waals surface area contributed by atoms with E-state index in [1.54, 1.807) is 18.2 Å². The Morgan fingerprint density at radius 1 is 1.08 bits per heavy atom. The molecule has 1 aromatic heterocycles. The number of ether oxygens (including phenoxy) is 1. The van der Waals surface area contributed by atoms with Crippen LogP contribution >= 0.6 is 0 Å². The van der Waals surface area contributed by atoms with Gasteiger partial charge in [-0.15, -0.1) is 0 Å². The van der Waals surface area contributed by atoms with E-state index in [4.69, 9.17) is 4.74 Å². The molecule has 11 heteroatoms. The van der Waals surface area contributed by atoms with Crippen molar-refractivity contribution >= 4 is 23.4 Å². The van der Waals surface area contributed by atoms with Crippen molar-refractivity contribution in [1.82, 2.24) is 20.2 Å². The summed E-state index contributed by atoms with van der Waals surface area (Å²) >= 11 is 0. The first-order valence-electron chi connectivity index (χ1n) is 12.4. The molecule has 2 fully saturated rings. The number of carbonyl (C=O) groups is 1. The highest BCUT2D eigenvalue weighted by Gasteiger charge is 2.36. The summed E-state index contributed by atoms with van der Waals surface area (Å²) in [5.74, 6) is -0.0751. The fourth-order valence-electron chi connectivity index (χ4n) is 4.69. The molecule has 0 spiro atoms. The quantitative estimate of drug-likeness (QED) is 0.496. The Morgan fingerprint density at radius 2 is 1.81 bits per heavy atom. The van der Waals surface area contributed by atoms with Crippen LogP contribution in [0.4, 0.5) is 30.6 Å². The molecule has 1 saturated carbocycles. The fraction of sp³-hybridized carbons (Fsp3) is 0.560.